The Balaban J connectivity index is 1.71. The van der Waals surface area contributed by atoms with E-state index in [1.54, 1.807) is 0 Å². The van der Waals surface area contributed by atoms with Gasteiger partial charge in [-0.3, -0.25) is 9.69 Å². The summed E-state index contributed by atoms with van der Waals surface area (Å²) < 4.78 is 0. The highest BCUT2D eigenvalue weighted by atomic mass is 16.3. The van der Waals surface area contributed by atoms with Crippen LogP contribution in [0.5, 0.6) is 0 Å². The van der Waals surface area contributed by atoms with Crippen LogP contribution in [0.2, 0.25) is 0 Å². The van der Waals surface area contributed by atoms with E-state index in [0.717, 1.165) is 38.8 Å². The van der Waals surface area contributed by atoms with Gasteiger partial charge in [0.15, 0.2) is 0 Å². The van der Waals surface area contributed by atoms with E-state index in [2.05, 4.69) is 4.90 Å². The second-order valence-corrected chi connectivity index (χ2v) is 5.70. The van der Waals surface area contributed by atoms with Crippen LogP contribution in [0, 0.1) is 11.8 Å². The minimum Gasteiger partial charge on any atom is -0.396 e. The lowest BCUT2D eigenvalue weighted by Crippen LogP contribution is -2.32. The number of carbonyl (C=O) groups excluding carboxylic acids is 1. The highest BCUT2D eigenvalue weighted by Crippen LogP contribution is 2.26. The molecule has 3 heteroatoms. The number of aliphatic hydroxyl groups is 1. The molecule has 1 unspecified atom stereocenters. The Morgan fingerprint density at radius 2 is 1.94 bits per heavy atom. The molecule has 17 heavy (non-hydrogen) atoms. The topological polar surface area (TPSA) is 40.5 Å². The molecule has 0 aromatic rings. The van der Waals surface area contributed by atoms with Crippen LogP contribution in [0.3, 0.4) is 0 Å². The Hall–Kier alpha value is -0.410. The van der Waals surface area contributed by atoms with Crippen LogP contribution in [0.1, 0.15) is 44.9 Å². The lowest BCUT2D eigenvalue weighted by Gasteiger charge is -2.23. The van der Waals surface area contributed by atoms with Crippen molar-refractivity contribution >= 4 is 5.78 Å². The number of aliphatic hydroxyl groups excluding tert-OH is 1. The van der Waals surface area contributed by atoms with Crippen LogP contribution in [-0.2, 0) is 4.79 Å². The first-order valence-corrected chi connectivity index (χ1v) is 7.15. The van der Waals surface area contributed by atoms with Crippen molar-refractivity contribution in [3.05, 3.63) is 0 Å². The molecule has 0 radical (unpaired) electrons. The minimum absolute atomic E-state index is 0.287. The molecule has 0 amide bonds. The fourth-order valence-electron chi connectivity index (χ4n) is 3.25. The molecule has 1 N–H and O–H groups in total. The Morgan fingerprint density at radius 3 is 2.65 bits per heavy atom. The first kappa shape index (κ1) is 13.0. The number of ketones is 1. The van der Waals surface area contributed by atoms with Crippen LogP contribution < -0.4 is 0 Å². The third-order valence-corrected chi connectivity index (χ3v) is 4.35. The van der Waals surface area contributed by atoms with E-state index in [1.807, 2.05) is 0 Å². The molecule has 1 aliphatic heterocycles. The smallest absolute Gasteiger partial charge is 0.149 e. The second-order valence-electron chi connectivity index (χ2n) is 5.70. The minimum atomic E-state index is 0.287. The molecule has 1 heterocycles. The van der Waals surface area contributed by atoms with Crippen molar-refractivity contribution in [2.45, 2.75) is 44.9 Å². The molecular formula is C14H25NO2. The summed E-state index contributed by atoms with van der Waals surface area (Å²) >= 11 is 0. The molecule has 0 spiro atoms. The van der Waals surface area contributed by atoms with Crippen LogP contribution in [0.15, 0.2) is 0 Å². The van der Waals surface area contributed by atoms with Gasteiger partial charge in [-0.1, -0.05) is 19.3 Å². The first-order valence-electron chi connectivity index (χ1n) is 7.15. The number of carbonyl (C=O) groups is 1. The van der Waals surface area contributed by atoms with E-state index in [0.29, 0.717) is 24.2 Å². The zero-order valence-corrected chi connectivity index (χ0v) is 10.7. The Bertz CT molecular complexity index is 249. The SMILES string of the molecule is O=C(CN1CCC(CCO)C1)C1CCCCC1. The van der Waals surface area contributed by atoms with Gasteiger partial charge in [-0.25, -0.2) is 0 Å². The fraction of sp³-hybridized carbons (Fsp3) is 0.929. The van der Waals surface area contributed by atoms with E-state index in [-0.39, 0.29) is 6.61 Å². The van der Waals surface area contributed by atoms with Gasteiger partial charge in [0, 0.05) is 19.1 Å². The zero-order valence-electron chi connectivity index (χ0n) is 10.7. The van der Waals surface area contributed by atoms with Crippen molar-refractivity contribution in [3.63, 3.8) is 0 Å². The summed E-state index contributed by atoms with van der Waals surface area (Å²) in [6.07, 6.45) is 8.07. The summed E-state index contributed by atoms with van der Waals surface area (Å²) in [5.74, 6) is 1.43. The number of likely N-dealkylation sites (tertiary alicyclic amines) is 1. The summed E-state index contributed by atoms with van der Waals surface area (Å²) in [5, 5.41) is 8.91. The highest BCUT2D eigenvalue weighted by molar-refractivity contribution is 5.83. The molecule has 3 nitrogen and oxygen atoms in total. The average molecular weight is 239 g/mol. The predicted octanol–water partition coefficient (Wildman–Crippen LogP) is 1.84. The lowest BCUT2D eigenvalue weighted by atomic mass is 9.86. The largest absolute Gasteiger partial charge is 0.396 e. The molecule has 98 valence electrons. The first-order chi connectivity index (χ1) is 8.29. The van der Waals surface area contributed by atoms with E-state index < -0.39 is 0 Å². The average Bonchev–Trinajstić information content (AvgIpc) is 2.78. The summed E-state index contributed by atoms with van der Waals surface area (Å²) in [6, 6.07) is 0. The molecule has 0 bridgehead atoms. The molecular weight excluding hydrogens is 214 g/mol. The Labute approximate surface area is 104 Å². The normalized spacial score (nSPS) is 27.5. The monoisotopic (exact) mass is 239 g/mol. The van der Waals surface area contributed by atoms with Gasteiger partial charge in [0.05, 0.1) is 6.54 Å². The molecule has 1 atom stereocenters. The van der Waals surface area contributed by atoms with Gasteiger partial charge < -0.3 is 5.11 Å². The molecule has 2 fully saturated rings. The molecule has 2 rings (SSSR count). The molecule has 1 saturated carbocycles. The van der Waals surface area contributed by atoms with Gasteiger partial charge in [0.1, 0.15) is 5.78 Å². The maximum atomic E-state index is 12.1. The summed E-state index contributed by atoms with van der Waals surface area (Å²) in [7, 11) is 0. The Morgan fingerprint density at radius 1 is 1.18 bits per heavy atom. The van der Waals surface area contributed by atoms with E-state index >= 15 is 0 Å². The zero-order chi connectivity index (χ0) is 12.1. The summed E-state index contributed by atoms with van der Waals surface area (Å²) in [4.78, 5) is 14.4. The van der Waals surface area contributed by atoms with Gasteiger partial charge in [-0.15, -0.1) is 0 Å². The molecule has 0 aromatic heterocycles. The van der Waals surface area contributed by atoms with E-state index in [1.165, 1.54) is 19.3 Å². The van der Waals surface area contributed by atoms with Gasteiger partial charge in [-0.05, 0) is 38.1 Å². The lowest BCUT2D eigenvalue weighted by molar-refractivity contribution is -0.124. The Kier molecular flexibility index (Phi) is 4.99. The number of hydrogen-bond donors (Lipinski definition) is 1. The third-order valence-electron chi connectivity index (χ3n) is 4.35. The van der Waals surface area contributed by atoms with E-state index in [9.17, 15) is 4.79 Å². The van der Waals surface area contributed by atoms with Gasteiger partial charge in [0.2, 0.25) is 0 Å². The van der Waals surface area contributed by atoms with Crippen molar-refractivity contribution in [3.8, 4) is 0 Å². The quantitative estimate of drug-likeness (QED) is 0.796. The van der Waals surface area contributed by atoms with E-state index in [4.69, 9.17) is 5.11 Å². The van der Waals surface area contributed by atoms with Crippen LogP contribution in [0.4, 0.5) is 0 Å². The van der Waals surface area contributed by atoms with Crippen molar-refractivity contribution in [2.24, 2.45) is 11.8 Å². The standard InChI is InChI=1S/C14H25NO2/c16-9-7-12-6-8-15(10-12)11-14(17)13-4-2-1-3-5-13/h12-13,16H,1-11H2. The van der Waals surface area contributed by atoms with Crippen LogP contribution >= 0.6 is 0 Å². The van der Waals surface area contributed by atoms with Gasteiger partial charge in [-0.2, -0.15) is 0 Å². The number of nitrogens with zero attached hydrogens (tertiary/aromatic N) is 1. The highest BCUT2D eigenvalue weighted by Gasteiger charge is 2.27. The van der Waals surface area contributed by atoms with Gasteiger partial charge >= 0.3 is 0 Å². The molecule has 2 aliphatic rings. The van der Waals surface area contributed by atoms with Crippen molar-refractivity contribution in [2.75, 3.05) is 26.2 Å². The number of Topliss-reactive ketones (excluding diaryl/α,β-unsaturated/α-hetero) is 1. The molecule has 0 aromatic carbocycles. The third kappa shape index (κ3) is 3.78. The maximum absolute atomic E-state index is 12.1. The number of rotatable bonds is 5. The fourth-order valence-corrected chi connectivity index (χ4v) is 3.25. The summed E-state index contributed by atoms with van der Waals surface area (Å²) in [5.41, 5.74) is 0. The van der Waals surface area contributed by atoms with Crippen molar-refractivity contribution in [1.29, 1.82) is 0 Å². The van der Waals surface area contributed by atoms with Crippen LogP contribution in [0.25, 0.3) is 0 Å². The maximum Gasteiger partial charge on any atom is 0.149 e. The predicted molar refractivity (Wildman–Crippen MR) is 67.8 cm³/mol. The van der Waals surface area contributed by atoms with Crippen LogP contribution in [-0.4, -0.2) is 42.0 Å². The van der Waals surface area contributed by atoms with Crippen molar-refractivity contribution in [1.82, 2.24) is 4.90 Å². The molecule has 1 aliphatic carbocycles. The number of hydrogen-bond acceptors (Lipinski definition) is 3. The second kappa shape index (κ2) is 6.50. The van der Waals surface area contributed by atoms with Crippen molar-refractivity contribution < 1.29 is 9.90 Å². The summed E-state index contributed by atoms with van der Waals surface area (Å²) in [6.45, 7) is 3.00. The molecule has 1 saturated heterocycles. The van der Waals surface area contributed by atoms with Gasteiger partial charge in [0.25, 0.3) is 0 Å².